The molecular weight excluding hydrogens is 557 g/mol. The van der Waals surface area contributed by atoms with Gasteiger partial charge in [-0.15, -0.1) is 0 Å². The van der Waals surface area contributed by atoms with Crippen LogP contribution in [0, 0.1) is 0 Å². The number of nitrogens with one attached hydrogen (secondary N) is 1. The first-order valence-electron chi connectivity index (χ1n) is 13.1. The number of aromatic nitrogens is 4. The van der Waals surface area contributed by atoms with Gasteiger partial charge < -0.3 is 30.8 Å². The molecule has 6 atom stereocenters. The number of benzene rings is 1. The van der Waals surface area contributed by atoms with Crippen LogP contribution in [0.25, 0.3) is 11.2 Å². The Morgan fingerprint density at radius 3 is 2.73 bits per heavy atom. The fourth-order valence-corrected chi connectivity index (χ4v) is 5.87. The van der Waals surface area contributed by atoms with Gasteiger partial charge >= 0.3 is 13.7 Å². The van der Waals surface area contributed by atoms with Crippen molar-refractivity contribution >= 4 is 30.8 Å². The van der Waals surface area contributed by atoms with Crippen molar-refractivity contribution in [3.8, 4) is 5.88 Å². The van der Waals surface area contributed by atoms with E-state index in [1.165, 1.54) is 17.8 Å². The number of anilines is 1. The fraction of sp³-hybridized carbons (Fsp3) is 0.520. The Bertz CT molecular complexity index is 1390. The third-order valence-electron chi connectivity index (χ3n) is 6.45. The van der Waals surface area contributed by atoms with E-state index in [9.17, 15) is 14.5 Å². The summed E-state index contributed by atoms with van der Waals surface area (Å²) in [4.78, 5) is 23.8. The summed E-state index contributed by atoms with van der Waals surface area (Å²) in [6.07, 6.45) is -2.40. The molecule has 6 N–H and O–H groups in total. The second kappa shape index (κ2) is 12.8. The number of nitrogens with two attached hydrogens (primary N) is 2. The van der Waals surface area contributed by atoms with Crippen molar-refractivity contribution in [1.82, 2.24) is 24.6 Å². The maximum Gasteiger partial charge on any atom is 0.406 e. The van der Waals surface area contributed by atoms with E-state index >= 15 is 0 Å². The Morgan fingerprint density at radius 1 is 1.32 bits per heavy atom. The second-order valence-corrected chi connectivity index (χ2v) is 11.5. The lowest BCUT2D eigenvalue weighted by molar-refractivity contribution is -0.140. The number of ether oxygens (including phenoxy) is 3. The number of hydrogen-bond donors (Lipinski definition) is 4. The number of aliphatic hydroxyl groups is 1. The second-order valence-electron chi connectivity index (χ2n) is 9.68. The van der Waals surface area contributed by atoms with E-state index in [-0.39, 0.29) is 31.6 Å². The average molecular weight is 594 g/mol. The number of rotatable bonds is 13. The molecule has 3 aromatic rings. The summed E-state index contributed by atoms with van der Waals surface area (Å²) in [6, 6.07) is 9.16. The molecule has 1 fully saturated rings. The summed E-state index contributed by atoms with van der Waals surface area (Å²) in [5.74, 6) is -0.314. The Labute approximate surface area is 237 Å². The van der Waals surface area contributed by atoms with Crippen molar-refractivity contribution in [3.05, 3.63) is 42.2 Å². The van der Waals surface area contributed by atoms with Crippen LogP contribution in [0.15, 0.2) is 36.7 Å². The van der Waals surface area contributed by atoms with Crippen molar-refractivity contribution in [2.75, 3.05) is 32.1 Å². The third kappa shape index (κ3) is 7.01. The highest BCUT2D eigenvalue weighted by molar-refractivity contribution is 7.51. The predicted octanol–water partition coefficient (Wildman–Crippen LogP) is 1.84. The number of nitrogens with zero attached hydrogens (tertiary/aromatic N) is 4. The van der Waals surface area contributed by atoms with E-state index < -0.39 is 43.8 Å². The first-order chi connectivity index (χ1) is 19.4. The van der Waals surface area contributed by atoms with Crippen molar-refractivity contribution in [1.29, 1.82) is 0 Å². The molecule has 1 aliphatic rings. The van der Waals surface area contributed by atoms with Crippen LogP contribution < -0.4 is 21.3 Å². The van der Waals surface area contributed by atoms with Gasteiger partial charge in [-0.3, -0.25) is 18.4 Å². The number of carbonyl (C=O) groups excluding carboxylic acids is 1. The zero-order valence-corrected chi connectivity index (χ0v) is 24.2. The minimum atomic E-state index is -4.01. The monoisotopic (exact) mass is 593 g/mol. The molecule has 0 bridgehead atoms. The number of fused-ring (bicyclic) bond motifs is 1. The van der Waals surface area contributed by atoms with Gasteiger partial charge in [0.25, 0.3) is 0 Å². The summed E-state index contributed by atoms with van der Waals surface area (Å²) in [5.41, 5.74) is 12.5. The molecule has 0 amide bonds. The zero-order chi connectivity index (χ0) is 29.8. The Balaban J connectivity index is 1.52. The molecule has 0 saturated carbocycles. The summed E-state index contributed by atoms with van der Waals surface area (Å²) in [6.45, 7) is 6.32. The maximum absolute atomic E-state index is 13.8. The molecule has 0 radical (unpaired) electrons. The summed E-state index contributed by atoms with van der Waals surface area (Å²) in [7, 11) is -4.01. The van der Waals surface area contributed by atoms with Crippen LogP contribution in [0.5, 0.6) is 5.88 Å². The van der Waals surface area contributed by atoms with E-state index in [0.717, 1.165) is 5.56 Å². The van der Waals surface area contributed by atoms with Gasteiger partial charge in [-0.1, -0.05) is 30.3 Å². The summed E-state index contributed by atoms with van der Waals surface area (Å²) in [5, 5.41) is 13.8. The van der Waals surface area contributed by atoms with Gasteiger partial charge in [0, 0.05) is 13.5 Å². The molecule has 41 heavy (non-hydrogen) atoms. The maximum atomic E-state index is 13.8. The lowest BCUT2D eigenvalue weighted by Gasteiger charge is -2.28. The number of carbonyl (C=O) groups is 1. The largest absolute Gasteiger partial charge is 0.476 e. The van der Waals surface area contributed by atoms with Gasteiger partial charge in [0.1, 0.15) is 18.8 Å². The van der Waals surface area contributed by atoms with E-state index in [1.54, 1.807) is 20.8 Å². The smallest absolute Gasteiger partial charge is 0.406 e. The fourth-order valence-electron chi connectivity index (χ4n) is 4.40. The zero-order valence-electron chi connectivity index (χ0n) is 23.3. The predicted molar refractivity (Wildman–Crippen MR) is 148 cm³/mol. The third-order valence-corrected chi connectivity index (χ3v) is 8.15. The number of esters is 1. The molecule has 0 spiro atoms. The van der Waals surface area contributed by atoms with E-state index in [0.29, 0.717) is 17.8 Å². The summed E-state index contributed by atoms with van der Waals surface area (Å²) < 4.78 is 43.5. The normalized spacial score (nSPS) is 24.7. The molecule has 16 heteroatoms. The van der Waals surface area contributed by atoms with Gasteiger partial charge in [0.2, 0.25) is 11.8 Å². The molecule has 1 aromatic carbocycles. The van der Waals surface area contributed by atoms with E-state index in [4.69, 9.17) is 34.7 Å². The molecule has 1 aliphatic heterocycles. The highest BCUT2D eigenvalue weighted by atomic mass is 31.2. The number of imidazole rings is 1. The van der Waals surface area contributed by atoms with Crippen LogP contribution in [0.1, 0.15) is 45.6 Å². The van der Waals surface area contributed by atoms with Crippen LogP contribution in [0.3, 0.4) is 0 Å². The van der Waals surface area contributed by atoms with Crippen molar-refractivity contribution in [3.63, 3.8) is 0 Å². The van der Waals surface area contributed by atoms with Crippen LogP contribution in [-0.2, 0) is 27.9 Å². The molecular formula is C25H36N7O8P. The Hall–Kier alpha value is -3.17. The molecule has 4 rings (SSSR count). The highest BCUT2D eigenvalue weighted by Gasteiger charge is 2.52. The van der Waals surface area contributed by atoms with Crippen LogP contribution in [-0.4, -0.2) is 74.7 Å². The minimum Gasteiger partial charge on any atom is -0.476 e. The van der Waals surface area contributed by atoms with E-state index in [2.05, 4.69) is 20.0 Å². The minimum absolute atomic E-state index is 0.00596. The van der Waals surface area contributed by atoms with E-state index in [1.807, 2.05) is 30.3 Å². The van der Waals surface area contributed by atoms with Gasteiger partial charge in [-0.2, -0.15) is 9.97 Å². The van der Waals surface area contributed by atoms with Crippen LogP contribution in [0.2, 0.25) is 0 Å². The molecule has 1 saturated heterocycles. The highest BCUT2D eigenvalue weighted by Crippen LogP contribution is 2.49. The standard InChI is InChI=1S/C25H36N7O8P/c1-5-36-22-19-21(30-24(26)31-22)32(14-28-19)23-25(4,27)20(34)18(39-23)13-38-41(35,29-11-12-37-16(3)33)40-15(2)17-9-7-6-8-10-17/h6-10,14-15,18,20,23,34H,5,11-13,27H2,1-4H3,(H,29,35)(H2,26,30,31)/t15?,18-,20-,23-,25-,41?/m1/s1. The lowest BCUT2D eigenvalue weighted by atomic mass is 9.93. The topological polar surface area (TPSA) is 208 Å². The number of nitrogen functional groups attached to an aromatic ring is 1. The molecule has 2 unspecified atom stereocenters. The molecule has 0 aliphatic carbocycles. The molecule has 224 valence electrons. The molecule has 3 heterocycles. The SMILES string of the molecule is CCOc1nc(N)nc2c1ncn2[C@@H]1O[C@H](COP(=O)(NCCOC(C)=O)OC(C)c2ccccc2)[C@@H](O)[C@@]1(C)N. The van der Waals surface area contributed by atoms with Gasteiger partial charge in [-0.05, 0) is 26.3 Å². The quantitative estimate of drug-likeness (QED) is 0.127. The van der Waals surface area contributed by atoms with Crippen molar-refractivity contribution in [2.24, 2.45) is 5.73 Å². The first kappa shape index (κ1) is 30.8. The molecule has 2 aromatic heterocycles. The van der Waals surface area contributed by atoms with Gasteiger partial charge in [0.15, 0.2) is 17.4 Å². The van der Waals surface area contributed by atoms with Crippen LogP contribution >= 0.6 is 7.75 Å². The van der Waals surface area contributed by atoms with Crippen LogP contribution in [0.4, 0.5) is 5.95 Å². The summed E-state index contributed by atoms with van der Waals surface area (Å²) >= 11 is 0. The number of aliphatic hydroxyl groups excluding tert-OH is 1. The van der Waals surface area contributed by atoms with Gasteiger partial charge in [-0.25, -0.2) is 14.6 Å². The van der Waals surface area contributed by atoms with Crippen molar-refractivity contribution in [2.45, 2.75) is 57.8 Å². The Kier molecular flexibility index (Phi) is 9.59. The first-order valence-corrected chi connectivity index (χ1v) is 14.6. The molecule has 15 nitrogen and oxygen atoms in total. The Morgan fingerprint density at radius 2 is 2.05 bits per heavy atom. The van der Waals surface area contributed by atoms with Gasteiger partial charge in [0.05, 0.1) is 31.2 Å². The lowest BCUT2D eigenvalue weighted by Crippen LogP contribution is -2.52. The number of hydrogen-bond acceptors (Lipinski definition) is 13. The average Bonchev–Trinajstić information content (AvgIpc) is 3.43. The van der Waals surface area contributed by atoms with Crippen molar-refractivity contribution < 1.29 is 37.7 Å².